The lowest BCUT2D eigenvalue weighted by Gasteiger charge is -2.27. The number of hydrogen-bond acceptors (Lipinski definition) is 9. The third kappa shape index (κ3) is 9.14. The van der Waals surface area contributed by atoms with Gasteiger partial charge in [-0.3, -0.25) is 24.1 Å². The minimum absolute atomic E-state index is 0.129. The molecule has 1 aromatic rings. The molecule has 42 heavy (non-hydrogen) atoms. The summed E-state index contributed by atoms with van der Waals surface area (Å²) >= 11 is 0. The molecule has 1 aromatic carbocycles. The van der Waals surface area contributed by atoms with E-state index in [1.165, 1.54) is 14.2 Å². The number of morpholine rings is 1. The Kier molecular flexibility index (Phi) is 11.6. The van der Waals surface area contributed by atoms with E-state index in [1.54, 1.807) is 25.1 Å². The van der Waals surface area contributed by atoms with E-state index in [2.05, 4.69) is 16.0 Å². The van der Waals surface area contributed by atoms with E-state index in [4.69, 9.17) is 18.9 Å². The predicted octanol–water partition coefficient (Wildman–Crippen LogP) is 0.601. The summed E-state index contributed by atoms with van der Waals surface area (Å²) in [6, 6.07) is 2.70. The number of epoxide rings is 1. The van der Waals surface area contributed by atoms with Crippen LogP contribution in [0.5, 0.6) is 11.5 Å². The maximum absolute atomic E-state index is 13.7. The zero-order chi connectivity index (χ0) is 30.1. The van der Waals surface area contributed by atoms with Crippen LogP contribution in [0.15, 0.2) is 18.2 Å². The lowest BCUT2D eigenvalue weighted by atomic mass is 9.94. The largest absolute Gasteiger partial charge is 0.493 e. The molecule has 0 radical (unpaired) electrons. The molecule has 0 spiro atoms. The lowest BCUT2D eigenvalue weighted by molar-refractivity contribution is -0.133. The average molecular weight is 589 g/mol. The van der Waals surface area contributed by atoms with E-state index < -0.39 is 36.0 Å². The molecular weight excluding hydrogens is 544 g/mol. The predicted molar refractivity (Wildman–Crippen MR) is 153 cm³/mol. The fourth-order valence-corrected chi connectivity index (χ4v) is 5.60. The zero-order valence-corrected chi connectivity index (χ0v) is 24.8. The van der Waals surface area contributed by atoms with Gasteiger partial charge in [0, 0.05) is 19.5 Å². The number of ether oxygens (including phenoxy) is 4. The Hall–Kier alpha value is -3.22. The standard InChI is InChI=1S/C30H44N4O8/c1-19(31-27(35)17-34-10-12-41-13-11-34)29(37)33-23(15-21-8-9-24(39-2)25(16-21)40-3)30(38)32-22(28(36)26-18-42-26)14-20-6-4-5-7-20/h8-9,16,19-20,22-23,26H,4-7,10-15,17-18H2,1-3H3,(H,31,35)(H,32,38)(H,33,37). The first-order valence-corrected chi connectivity index (χ1v) is 14.8. The van der Waals surface area contributed by atoms with Crippen LogP contribution in [0.3, 0.4) is 0 Å². The van der Waals surface area contributed by atoms with Gasteiger partial charge in [0.2, 0.25) is 17.7 Å². The minimum atomic E-state index is -1.01. The lowest BCUT2D eigenvalue weighted by Crippen LogP contribution is -2.57. The summed E-state index contributed by atoms with van der Waals surface area (Å²) in [5, 5.41) is 8.47. The molecule has 1 saturated carbocycles. The van der Waals surface area contributed by atoms with Crippen molar-refractivity contribution in [3.63, 3.8) is 0 Å². The van der Waals surface area contributed by atoms with Gasteiger partial charge in [-0.1, -0.05) is 31.7 Å². The van der Waals surface area contributed by atoms with Gasteiger partial charge >= 0.3 is 0 Å². The molecule has 3 N–H and O–H groups in total. The van der Waals surface area contributed by atoms with Crippen LogP contribution < -0.4 is 25.4 Å². The first-order valence-electron chi connectivity index (χ1n) is 14.8. The van der Waals surface area contributed by atoms with Crippen molar-refractivity contribution in [2.24, 2.45) is 5.92 Å². The molecular formula is C30H44N4O8. The van der Waals surface area contributed by atoms with Crippen molar-refractivity contribution >= 4 is 23.5 Å². The maximum Gasteiger partial charge on any atom is 0.243 e. The van der Waals surface area contributed by atoms with Crippen molar-refractivity contribution in [3.8, 4) is 11.5 Å². The Morgan fingerprint density at radius 2 is 1.62 bits per heavy atom. The van der Waals surface area contributed by atoms with Gasteiger partial charge in [0.15, 0.2) is 17.3 Å². The van der Waals surface area contributed by atoms with Gasteiger partial charge in [0.05, 0.1) is 46.6 Å². The summed E-state index contributed by atoms with van der Waals surface area (Å²) in [6.07, 6.45) is 4.49. The molecule has 12 nitrogen and oxygen atoms in total. The quantitative estimate of drug-likeness (QED) is 0.251. The summed E-state index contributed by atoms with van der Waals surface area (Å²) in [4.78, 5) is 54.6. The number of nitrogens with one attached hydrogen (secondary N) is 3. The van der Waals surface area contributed by atoms with Crippen molar-refractivity contribution in [1.82, 2.24) is 20.9 Å². The Morgan fingerprint density at radius 1 is 0.952 bits per heavy atom. The molecule has 3 fully saturated rings. The molecule has 2 aliphatic heterocycles. The van der Waals surface area contributed by atoms with Crippen LogP contribution in [0, 0.1) is 5.92 Å². The van der Waals surface area contributed by atoms with Crippen LogP contribution in [0.2, 0.25) is 0 Å². The molecule has 4 atom stereocenters. The molecule has 12 heteroatoms. The molecule has 2 saturated heterocycles. The molecule has 2 heterocycles. The number of rotatable bonds is 15. The molecule has 1 aliphatic carbocycles. The normalized spacial score (nSPS) is 21.1. The van der Waals surface area contributed by atoms with E-state index in [0.29, 0.717) is 56.7 Å². The van der Waals surface area contributed by atoms with Crippen LogP contribution in [-0.2, 0) is 35.1 Å². The van der Waals surface area contributed by atoms with Crippen LogP contribution in [-0.4, -0.2) is 106 Å². The van der Waals surface area contributed by atoms with Crippen LogP contribution in [0.4, 0.5) is 0 Å². The molecule has 4 unspecified atom stereocenters. The van der Waals surface area contributed by atoms with E-state index in [9.17, 15) is 19.2 Å². The number of Topliss-reactive ketones (excluding diaryl/α,β-unsaturated/α-hetero) is 1. The van der Waals surface area contributed by atoms with Crippen molar-refractivity contribution in [2.45, 2.75) is 69.7 Å². The second kappa shape index (κ2) is 15.3. The number of amides is 3. The van der Waals surface area contributed by atoms with Crippen molar-refractivity contribution in [1.29, 1.82) is 0 Å². The van der Waals surface area contributed by atoms with Crippen molar-refractivity contribution in [3.05, 3.63) is 23.8 Å². The SMILES string of the molecule is COc1ccc(CC(NC(=O)C(C)NC(=O)CN2CCOCC2)C(=O)NC(CC2CCCC2)C(=O)C2CO2)cc1OC. The van der Waals surface area contributed by atoms with Crippen molar-refractivity contribution in [2.75, 3.05) is 53.7 Å². The summed E-state index contributed by atoms with van der Waals surface area (Å²) in [5.74, 6) is -0.00282. The number of benzene rings is 1. The van der Waals surface area contributed by atoms with Gasteiger partial charge in [0.1, 0.15) is 18.2 Å². The summed E-state index contributed by atoms with van der Waals surface area (Å²) in [6.45, 7) is 4.52. The number of carbonyl (C=O) groups is 4. The summed E-state index contributed by atoms with van der Waals surface area (Å²) < 4.78 is 21.3. The van der Waals surface area contributed by atoms with Crippen LogP contribution in [0.1, 0.15) is 44.6 Å². The highest BCUT2D eigenvalue weighted by molar-refractivity contribution is 5.96. The third-order valence-electron chi connectivity index (χ3n) is 8.12. The number of methoxy groups -OCH3 is 2. The molecule has 0 aromatic heterocycles. The van der Waals surface area contributed by atoms with Crippen molar-refractivity contribution < 1.29 is 38.1 Å². The smallest absolute Gasteiger partial charge is 0.243 e. The van der Waals surface area contributed by atoms with E-state index >= 15 is 0 Å². The Morgan fingerprint density at radius 3 is 2.26 bits per heavy atom. The highest BCUT2D eigenvalue weighted by Crippen LogP contribution is 2.30. The van der Waals surface area contributed by atoms with Crippen LogP contribution >= 0.6 is 0 Å². The Labute approximate surface area is 247 Å². The third-order valence-corrected chi connectivity index (χ3v) is 8.12. The Bertz CT molecular complexity index is 1100. The summed E-state index contributed by atoms with van der Waals surface area (Å²) in [5.41, 5.74) is 0.723. The molecule has 4 rings (SSSR count). The van der Waals surface area contributed by atoms with Gasteiger partial charge in [-0.15, -0.1) is 0 Å². The fraction of sp³-hybridized carbons (Fsp3) is 0.667. The van der Waals surface area contributed by atoms with Gasteiger partial charge < -0.3 is 34.9 Å². The number of hydrogen-bond donors (Lipinski definition) is 3. The second-order valence-electron chi connectivity index (χ2n) is 11.3. The number of nitrogens with zero attached hydrogens (tertiary/aromatic N) is 1. The highest BCUT2D eigenvalue weighted by Gasteiger charge is 2.39. The maximum atomic E-state index is 13.7. The topological polar surface area (TPSA) is 148 Å². The molecule has 3 amide bonds. The van der Waals surface area contributed by atoms with Gasteiger partial charge in [-0.25, -0.2) is 0 Å². The van der Waals surface area contributed by atoms with E-state index in [-0.39, 0.29) is 24.7 Å². The zero-order valence-electron chi connectivity index (χ0n) is 24.8. The molecule has 3 aliphatic rings. The molecule has 232 valence electrons. The minimum Gasteiger partial charge on any atom is -0.493 e. The van der Waals surface area contributed by atoms with Crippen LogP contribution in [0.25, 0.3) is 0 Å². The first kappa shape index (κ1) is 31.7. The van der Waals surface area contributed by atoms with Gasteiger partial charge in [0.25, 0.3) is 0 Å². The monoisotopic (exact) mass is 588 g/mol. The first-order chi connectivity index (χ1) is 20.3. The number of ketones is 1. The molecule has 0 bridgehead atoms. The second-order valence-corrected chi connectivity index (χ2v) is 11.3. The van der Waals surface area contributed by atoms with E-state index in [0.717, 1.165) is 31.2 Å². The van der Waals surface area contributed by atoms with Gasteiger partial charge in [-0.05, 0) is 37.0 Å². The average Bonchev–Trinajstić information content (AvgIpc) is 3.71. The number of carbonyl (C=O) groups excluding carboxylic acids is 4. The van der Waals surface area contributed by atoms with Gasteiger partial charge in [-0.2, -0.15) is 0 Å². The Balaban J connectivity index is 1.45. The fourth-order valence-electron chi connectivity index (χ4n) is 5.60. The van der Waals surface area contributed by atoms with E-state index in [1.807, 2.05) is 4.90 Å². The highest BCUT2D eigenvalue weighted by atomic mass is 16.6. The summed E-state index contributed by atoms with van der Waals surface area (Å²) in [7, 11) is 3.06.